The first-order valence-corrected chi connectivity index (χ1v) is 6.87. The van der Waals surface area contributed by atoms with Crippen LogP contribution in [0.25, 0.3) is 0 Å². The lowest BCUT2D eigenvalue weighted by molar-refractivity contribution is -0.141. The number of carbonyl (C=O) groups is 1. The van der Waals surface area contributed by atoms with Crippen LogP contribution in [0, 0.1) is 12.8 Å². The molecule has 0 aliphatic heterocycles. The standard InChI is InChI=1S/C16H25NO2/c1-11(2)14-7-6-12(3)15(10-14)17(5)9-8-13(4)16(18)19/h6-7,10-11,13H,8-9H2,1-5H3,(H,18,19). The Hall–Kier alpha value is -1.51. The minimum absolute atomic E-state index is 0.295. The van der Waals surface area contributed by atoms with E-state index in [0.29, 0.717) is 12.3 Å². The summed E-state index contributed by atoms with van der Waals surface area (Å²) in [6, 6.07) is 6.52. The summed E-state index contributed by atoms with van der Waals surface area (Å²) < 4.78 is 0. The number of aliphatic carboxylic acids is 1. The Morgan fingerprint density at radius 1 is 1.32 bits per heavy atom. The molecule has 3 heteroatoms. The van der Waals surface area contributed by atoms with Gasteiger partial charge >= 0.3 is 5.97 Å². The van der Waals surface area contributed by atoms with Crippen molar-refractivity contribution in [3.63, 3.8) is 0 Å². The van der Waals surface area contributed by atoms with E-state index in [1.165, 1.54) is 16.8 Å². The minimum Gasteiger partial charge on any atom is -0.481 e. The number of rotatable bonds is 6. The number of hydrogen-bond acceptors (Lipinski definition) is 2. The van der Waals surface area contributed by atoms with Crippen LogP contribution in [0.3, 0.4) is 0 Å². The second-order valence-electron chi connectivity index (χ2n) is 5.65. The summed E-state index contributed by atoms with van der Waals surface area (Å²) in [5.41, 5.74) is 3.75. The summed E-state index contributed by atoms with van der Waals surface area (Å²) in [4.78, 5) is 13.0. The van der Waals surface area contributed by atoms with Crippen LogP contribution in [-0.2, 0) is 4.79 Å². The van der Waals surface area contributed by atoms with E-state index >= 15 is 0 Å². The highest BCUT2D eigenvalue weighted by Gasteiger charge is 2.13. The molecule has 0 saturated heterocycles. The molecule has 0 fully saturated rings. The molecule has 3 nitrogen and oxygen atoms in total. The van der Waals surface area contributed by atoms with Crippen molar-refractivity contribution in [2.24, 2.45) is 5.92 Å². The molecule has 1 rings (SSSR count). The normalized spacial score (nSPS) is 12.5. The lowest BCUT2D eigenvalue weighted by atomic mass is 10.00. The predicted molar refractivity (Wildman–Crippen MR) is 80.0 cm³/mol. The third-order valence-corrected chi connectivity index (χ3v) is 3.63. The highest BCUT2D eigenvalue weighted by atomic mass is 16.4. The number of hydrogen-bond donors (Lipinski definition) is 1. The quantitative estimate of drug-likeness (QED) is 0.851. The van der Waals surface area contributed by atoms with Crippen molar-refractivity contribution in [1.82, 2.24) is 0 Å². The van der Waals surface area contributed by atoms with Gasteiger partial charge in [0.25, 0.3) is 0 Å². The fourth-order valence-electron chi connectivity index (χ4n) is 2.03. The Balaban J connectivity index is 2.78. The van der Waals surface area contributed by atoms with Gasteiger partial charge < -0.3 is 10.0 Å². The molecule has 0 aliphatic carbocycles. The van der Waals surface area contributed by atoms with Crippen LogP contribution in [0.15, 0.2) is 18.2 Å². The van der Waals surface area contributed by atoms with E-state index in [9.17, 15) is 4.79 Å². The van der Waals surface area contributed by atoms with Gasteiger partial charge in [-0.25, -0.2) is 0 Å². The van der Waals surface area contributed by atoms with Crippen molar-refractivity contribution < 1.29 is 9.90 Å². The molecule has 0 radical (unpaired) electrons. The Labute approximate surface area is 116 Å². The molecule has 1 atom stereocenters. The Morgan fingerprint density at radius 3 is 2.47 bits per heavy atom. The summed E-state index contributed by atoms with van der Waals surface area (Å²) in [5.74, 6) is -0.511. The zero-order valence-corrected chi connectivity index (χ0v) is 12.6. The van der Waals surface area contributed by atoms with Gasteiger partial charge in [-0.15, -0.1) is 0 Å². The lowest BCUT2D eigenvalue weighted by Crippen LogP contribution is -2.23. The fraction of sp³-hybridized carbons (Fsp3) is 0.562. The number of benzene rings is 1. The predicted octanol–water partition coefficient (Wildman–Crippen LogP) is 3.67. The largest absolute Gasteiger partial charge is 0.481 e. The van der Waals surface area contributed by atoms with Crippen LogP contribution in [0.4, 0.5) is 5.69 Å². The Kier molecular flexibility index (Phi) is 5.40. The molecule has 1 aromatic rings. The van der Waals surface area contributed by atoms with Crippen LogP contribution in [0.5, 0.6) is 0 Å². The van der Waals surface area contributed by atoms with Crippen molar-refractivity contribution in [1.29, 1.82) is 0 Å². The molecular formula is C16H25NO2. The topological polar surface area (TPSA) is 40.5 Å². The monoisotopic (exact) mass is 263 g/mol. The van der Waals surface area contributed by atoms with Gasteiger partial charge in [0.05, 0.1) is 5.92 Å². The van der Waals surface area contributed by atoms with Gasteiger partial charge in [-0.1, -0.05) is 32.9 Å². The Bertz CT molecular complexity index is 440. The zero-order valence-electron chi connectivity index (χ0n) is 12.6. The van der Waals surface area contributed by atoms with Crippen LogP contribution in [-0.4, -0.2) is 24.7 Å². The van der Waals surface area contributed by atoms with Gasteiger partial charge in [0.15, 0.2) is 0 Å². The first-order chi connectivity index (χ1) is 8.82. The molecule has 0 heterocycles. The smallest absolute Gasteiger partial charge is 0.306 e. The van der Waals surface area contributed by atoms with Crippen LogP contribution in [0.1, 0.15) is 44.2 Å². The highest BCUT2D eigenvalue weighted by Crippen LogP contribution is 2.25. The summed E-state index contributed by atoms with van der Waals surface area (Å²) >= 11 is 0. The molecule has 0 aliphatic rings. The van der Waals surface area contributed by atoms with Crippen molar-refractivity contribution in [3.8, 4) is 0 Å². The fourth-order valence-corrected chi connectivity index (χ4v) is 2.03. The molecule has 1 N–H and O–H groups in total. The summed E-state index contributed by atoms with van der Waals surface area (Å²) in [5, 5.41) is 8.92. The van der Waals surface area contributed by atoms with Crippen molar-refractivity contribution >= 4 is 11.7 Å². The SMILES string of the molecule is Cc1ccc(C(C)C)cc1N(C)CCC(C)C(=O)O. The van der Waals surface area contributed by atoms with Gasteiger partial charge in [-0.05, 0) is 36.5 Å². The molecule has 1 aromatic carbocycles. The van der Waals surface area contributed by atoms with Crippen molar-refractivity contribution in [2.75, 3.05) is 18.5 Å². The van der Waals surface area contributed by atoms with E-state index in [0.717, 1.165) is 6.54 Å². The first-order valence-electron chi connectivity index (χ1n) is 6.87. The van der Waals surface area contributed by atoms with Crippen LogP contribution >= 0.6 is 0 Å². The second kappa shape index (κ2) is 6.60. The van der Waals surface area contributed by atoms with E-state index in [2.05, 4.69) is 43.9 Å². The van der Waals surface area contributed by atoms with E-state index in [4.69, 9.17) is 5.11 Å². The van der Waals surface area contributed by atoms with E-state index in [-0.39, 0.29) is 5.92 Å². The number of aryl methyl sites for hydroxylation is 1. The molecule has 0 aromatic heterocycles. The molecule has 0 bridgehead atoms. The number of carboxylic acids is 1. The molecule has 0 saturated carbocycles. The maximum absolute atomic E-state index is 10.8. The van der Waals surface area contributed by atoms with Gasteiger partial charge in [-0.3, -0.25) is 4.79 Å². The lowest BCUT2D eigenvalue weighted by Gasteiger charge is -2.23. The van der Waals surface area contributed by atoms with Crippen molar-refractivity contribution in [3.05, 3.63) is 29.3 Å². The first kappa shape index (κ1) is 15.5. The summed E-state index contributed by atoms with van der Waals surface area (Å²) in [6.45, 7) is 8.97. The van der Waals surface area contributed by atoms with E-state index < -0.39 is 5.97 Å². The Morgan fingerprint density at radius 2 is 1.95 bits per heavy atom. The highest BCUT2D eigenvalue weighted by molar-refractivity contribution is 5.69. The number of carboxylic acid groups (broad SMARTS) is 1. The third-order valence-electron chi connectivity index (χ3n) is 3.63. The maximum atomic E-state index is 10.8. The number of anilines is 1. The zero-order chi connectivity index (χ0) is 14.6. The van der Waals surface area contributed by atoms with Gasteiger partial charge in [0, 0.05) is 19.3 Å². The summed E-state index contributed by atoms with van der Waals surface area (Å²) in [7, 11) is 2.03. The van der Waals surface area contributed by atoms with Crippen LogP contribution in [0.2, 0.25) is 0 Å². The van der Waals surface area contributed by atoms with Crippen molar-refractivity contribution in [2.45, 2.75) is 40.0 Å². The molecule has 19 heavy (non-hydrogen) atoms. The van der Waals surface area contributed by atoms with Gasteiger partial charge in [0.2, 0.25) is 0 Å². The van der Waals surface area contributed by atoms with Crippen LogP contribution < -0.4 is 4.90 Å². The van der Waals surface area contributed by atoms with E-state index in [1.54, 1.807) is 6.92 Å². The number of nitrogens with zero attached hydrogens (tertiary/aromatic N) is 1. The molecule has 0 amide bonds. The molecule has 0 spiro atoms. The third kappa shape index (κ3) is 4.27. The average Bonchev–Trinajstić information content (AvgIpc) is 2.35. The van der Waals surface area contributed by atoms with Gasteiger partial charge in [-0.2, -0.15) is 0 Å². The molecular weight excluding hydrogens is 238 g/mol. The average molecular weight is 263 g/mol. The van der Waals surface area contributed by atoms with E-state index in [1.807, 2.05) is 7.05 Å². The summed E-state index contributed by atoms with van der Waals surface area (Å²) in [6.07, 6.45) is 0.664. The van der Waals surface area contributed by atoms with Gasteiger partial charge in [0.1, 0.15) is 0 Å². The molecule has 106 valence electrons. The molecule has 1 unspecified atom stereocenters. The second-order valence-corrected chi connectivity index (χ2v) is 5.65. The maximum Gasteiger partial charge on any atom is 0.306 e. The minimum atomic E-state index is -0.721.